The SMILES string of the molecule is COc1c(O)ccc(C=O)c1Cc1ccccc1. The first-order valence-corrected chi connectivity index (χ1v) is 5.64. The molecule has 0 aromatic heterocycles. The van der Waals surface area contributed by atoms with Gasteiger partial charge in [-0.2, -0.15) is 0 Å². The van der Waals surface area contributed by atoms with Gasteiger partial charge in [0.05, 0.1) is 7.11 Å². The Morgan fingerprint density at radius 2 is 1.89 bits per heavy atom. The summed E-state index contributed by atoms with van der Waals surface area (Å²) >= 11 is 0. The van der Waals surface area contributed by atoms with Gasteiger partial charge in [0, 0.05) is 17.5 Å². The van der Waals surface area contributed by atoms with Crippen molar-refractivity contribution in [1.82, 2.24) is 0 Å². The van der Waals surface area contributed by atoms with E-state index in [2.05, 4.69) is 0 Å². The Morgan fingerprint density at radius 1 is 1.17 bits per heavy atom. The standard InChI is InChI=1S/C15H14O3/c1-18-15-13(9-11-5-3-2-4-6-11)12(10-16)7-8-14(15)17/h2-8,10,17H,9H2,1H3. The third-order valence-corrected chi connectivity index (χ3v) is 2.83. The molecule has 0 spiro atoms. The highest BCUT2D eigenvalue weighted by molar-refractivity contribution is 5.80. The van der Waals surface area contributed by atoms with Gasteiger partial charge in [-0.15, -0.1) is 0 Å². The number of ether oxygens (including phenoxy) is 1. The lowest BCUT2D eigenvalue weighted by atomic mass is 9.99. The molecule has 92 valence electrons. The second kappa shape index (κ2) is 5.36. The summed E-state index contributed by atoms with van der Waals surface area (Å²) in [4.78, 5) is 11.1. The molecule has 0 radical (unpaired) electrons. The van der Waals surface area contributed by atoms with Crippen LogP contribution >= 0.6 is 0 Å². The number of hydrogen-bond donors (Lipinski definition) is 1. The lowest BCUT2D eigenvalue weighted by Gasteiger charge is -2.12. The molecule has 2 rings (SSSR count). The molecular formula is C15H14O3. The fraction of sp³-hybridized carbons (Fsp3) is 0.133. The van der Waals surface area contributed by atoms with Crippen molar-refractivity contribution in [3.05, 3.63) is 59.2 Å². The molecule has 0 unspecified atom stereocenters. The number of hydrogen-bond acceptors (Lipinski definition) is 3. The zero-order valence-electron chi connectivity index (χ0n) is 10.1. The van der Waals surface area contributed by atoms with Crippen molar-refractivity contribution in [3.63, 3.8) is 0 Å². The number of phenols is 1. The summed E-state index contributed by atoms with van der Waals surface area (Å²) in [5.74, 6) is 0.414. The molecule has 0 bridgehead atoms. The number of aromatic hydroxyl groups is 1. The number of benzene rings is 2. The lowest BCUT2D eigenvalue weighted by Crippen LogP contribution is -1.99. The van der Waals surface area contributed by atoms with Gasteiger partial charge in [-0.3, -0.25) is 4.79 Å². The Morgan fingerprint density at radius 3 is 2.50 bits per heavy atom. The molecule has 0 aliphatic carbocycles. The molecule has 0 atom stereocenters. The van der Waals surface area contributed by atoms with Crippen LogP contribution in [0.15, 0.2) is 42.5 Å². The summed E-state index contributed by atoms with van der Waals surface area (Å²) < 4.78 is 5.18. The molecule has 2 aromatic rings. The Labute approximate surface area is 106 Å². The maximum Gasteiger partial charge on any atom is 0.164 e. The average molecular weight is 242 g/mol. The molecule has 3 heteroatoms. The van der Waals surface area contributed by atoms with E-state index in [4.69, 9.17) is 4.74 Å². The number of aldehydes is 1. The summed E-state index contributed by atoms with van der Waals surface area (Å²) in [6.45, 7) is 0. The van der Waals surface area contributed by atoms with Gasteiger partial charge in [-0.25, -0.2) is 0 Å². The summed E-state index contributed by atoms with van der Waals surface area (Å²) in [5.41, 5.74) is 2.30. The van der Waals surface area contributed by atoms with Crippen LogP contribution in [0.5, 0.6) is 11.5 Å². The first-order valence-electron chi connectivity index (χ1n) is 5.64. The zero-order valence-corrected chi connectivity index (χ0v) is 10.1. The van der Waals surface area contributed by atoms with Gasteiger partial charge in [0.2, 0.25) is 0 Å². The van der Waals surface area contributed by atoms with Crippen molar-refractivity contribution >= 4 is 6.29 Å². The Kier molecular flexibility index (Phi) is 3.63. The molecule has 2 aromatic carbocycles. The maximum absolute atomic E-state index is 11.1. The van der Waals surface area contributed by atoms with Gasteiger partial charge in [-0.05, 0) is 17.7 Å². The van der Waals surface area contributed by atoms with E-state index in [1.54, 1.807) is 6.07 Å². The highest BCUT2D eigenvalue weighted by atomic mass is 16.5. The van der Waals surface area contributed by atoms with Crippen LogP contribution in [0.2, 0.25) is 0 Å². The van der Waals surface area contributed by atoms with Crippen LogP contribution in [0, 0.1) is 0 Å². The summed E-state index contributed by atoms with van der Waals surface area (Å²) in [7, 11) is 1.48. The first-order chi connectivity index (χ1) is 8.76. The molecule has 0 heterocycles. The number of carbonyl (C=O) groups is 1. The number of phenolic OH excluding ortho intramolecular Hbond substituents is 1. The fourth-order valence-electron chi connectivity index (χ4n) is 1.95. The van der Waals surface area contributed by atoms with Crippen molar-refractivity contribution < 1.29 is 14.6 Å². The van der Waals surface area contributed by atoms with Gasteiger partial charge < -0.3 is 9.84 Å². The molecule has 0 aliphatic rings. The second-order valence-corrected chi connectivity index (χ2v) is 3.97. The van der Waals surface area contributed by atoms with Crippen LogP contribution in [0.1, 0.15) is 21.5 Å². The van der Waals surface area contributed by atoms with Crippen molar-refractivity contribution in [2.75, 3.05) is 7.11 Å². The third-order valence-electron chi connectivity index (χ3n) is 2.83. The summed E-state index contributed by atoms with van der Waals surface area (Å²) in [6, 6.07) is 12.8. The summed E-state index contributed by atoms with van der Waals surface area (Å²) in [5, 5.41) is 9.75. The summed E-state index contributed by atoms with van der Waals surface area (Å²) in [6.07, 6.45) is 1.33. The van der Waals surface area contributed by atoms with Crippen molar-refractivity contribution in [3.8, 4) is 11.5 Å². The quantitative estimate of drug-likeness (QED) is 0.838. The minimum atomic E-state index is 0.0500. The minimum absolute atomic E-state index is 0.0500. The molecule has 0 fully saturated rings. The van der Waals surface area contributed by atoms with Gasteiger partial charge >= 0.3 is 0 Å². The molecule has 0 saturated heterocycles. The number of rotatable bonds is 4. The molecule has 18 heavy (non-hydrogen) atoms. The van der Waals surface area contributed by atoms with E-state index in [-0.39, 0.29) is 5.75 Å². The maximum atomic E-state index is 11.1. The van der Waals surface area contributed by atoms with Gasteiger partial charge in [0.25, 0.3) is 0 Å². The third kappa shape index (κ3) is 2.35. The van der Waals surface area contributed by atoms with E-state index in [1.807, 2.05) is 30.3 Å². The monoisotopic (exact) mass is 242 g/mol. The van der Waals surface area contributed by atoms with Crippen LogP contribution < -0.4 is 4.74 Å². The van der Waals surface area contributed by atoms with E-state index < -0.39 is 0 Å². The first kappa shape index (κ1) is 12.2. The molecular weight excluding hydrogens is 228 g/mol. The van der Waals surface area contributed by atoms with Crippen LogP contribution in [0.4, 0.5) is 0 Å². The average Bonchev–Trinajstić information content (AvgIpc) is 2.40. The number of methoxy groups -OCH3 is 1. The highest BCUT2D eigenvalue weighted by Crippen LogP contribution is 2.33. The molecule has 0 saturated carbocycles. The normalized spacial score (nSPS) is 10.1. The van der Waals surface area contributed by atoms with Crippen LogP contribution in [-0.2, 0) is 6.42 Å². The molecule has 0 aliphatic heterocycles. The van der Waals surface area contributed by atoms with Gasteiger partial charge in [-0.1, -0.05) is 30.3 Å². The predicted molar refractivity (Wildman–Crippen MR) is 69.3 cm³/mol. The Hall–Kier alpha value is -2.29. The van der Waals surface area contributed by atoms with Gasteiger partial charge in [0.1, 0.15) is 6.29 Å². The smallest absolute Gasteiger partial charge is 0.164 e. The zero-order chi connectivity index (χ0) is 13.0. The lowest BCUT2D eigenvalue weighted by molar-refractivity contribution is 0.112. The largest absolute Gasteiger partial charge is 0.504 e. The van der Waals surface area contributed by atoms with Crippen LogP contribution in [-0.4, -0.2) is 18.5 Å². The fourth-order valence-corrected chi connectivity index (χ4v) is 1.95. The molecule has 0 amide bonds. The van der Waals surface area contributed by atoms with Crippen LogP contribution in [0.25, 0.3) is 0 Å². The minimum Gasteiger partial charge on any atom is -0.504 e. The van der Waals surface area contributed by atoms with E-state index >= 15 is 0 Å². The van der Waals surface area contributed by atoms with Gasteiger partial charge in [0.15, 0.2) is 11.5 Å². The van der Waals surface area contributed by atoms with Crippen LogP contribution in [0.3, 0.4) is 0 Å². The van der Waals surface area contributed by atoms with Crippen molar-refractivity contribution in [2.24, 2.45) is 0 Å². The number of carbonyl (C=O) groups excluding carboxylic acids is 1. The topological polar surface area (TPSA) is 46.5 Å². The van der Waals surface area contributed by atoms with E-state index in [1.165, 1.54) is 13.2 Å². The Balaban J connectivity index is 2.48. The van der Waals surface area contributed by atoms with E-state index in [0.29, 0.717) is 23.3 Å². The van der Waals surface area contributed by atoms with Crippen molar-refractivity contribution in [2.45, 2.75) is 6.42 Å². The second-order valence-electron chi connectivity index (χ2n) is 3.97. The molecule has 1 N–H and O–H groups in total. The van der Waals surface area contributed by atoms with Crippen molar-refractivity contribution in [1.29, 1.82) is 0 Å². The predicted octanol–water partition coefficient (Wildman–Crippen LogP) is 2.80. The van der Waals surface area contributed by atoms with E-state index in [9.17, 15) is 9.90 Å². The molecule has 3 nitrogen and oxygen atoms in total. The van der Waals surface area contributed by atoms with E-state index in [0.717, 1.165) is 11.8 Å². The Bertz CT molecular complexity index is 547. The highest BCUT2D eigenvalue weighted by Gasteiger charge is 2.13.